The molecular weight excluding hydrogens is 215 g/mol. The van der Waals surface area contributed by atoms with Gasteiger partial charge in [-0.1, -0.05) is 6.07 Å². The highest BCUT2D eigenvalue weighted by molar-refractivity contribution is 5.53. The first-order chi connectivity index (χ1) is 7.61. The third kappa shape index (κ3) is 1.71. The number of nitro groups is 1. The van der Waals surface area contributed by atoms with Crippen molar-refractivity contribution in [3.05, 3.63) is 33.6 Å². The molecule has 1 atom stereocenters. The van der Waals surface area contributed by atoms with E-state index in [-0.39, 0.29) is 6.04 Å². The van der Waals surface area contributed by atoms with Gasteiger partial charge in [-0.2, -0.15) is 4.39 Å². The summed E-state index contributed by atoms with van der Waals surface area (Å²) in [6.07, 6.45) is 1.73. The van der Waals surface area contributed by atoms with Crippen LogP contribution in [0, 0.1) is 15.9 Å². The van der Waals surface area contributed by atoms with E-state index >= 15 is 0 Å². The molecular formula is C10H11FN2O3. The van der Waals surface area contributed by atoms with Crippen LogP contribution in [0.4, 0.5) is 10.1 Å². The standard InChI is InChI=1S/C10H11FN2O3/c11-7-4-3-6(8-2-1-5-12-8)10(14)9(7)13(15)16/h3-4,8,12,14H,1-2,5H2/t8-/m1/s1. The molecule has 2 rings (SSSR count). The van der Waals surface area contributed by atoms with Crippen LogP contribution in [0.2, 0.25) is 0 Å². The number of nitrogens with zero attached hydrogens (tertiary/aromatic N) is 1. The van der Waals surface area contributed by atoms with Crippen molar-refractivity contribution in [3.8, 4) is 5.75 Å². The van der Waals surface area contributed by atoms with Crippen LogP contribution in [-0.2, 0) is 0 Å². The van der Waals surface area contributed by atoms with Crippen molar-refractivity contribution in [1.82, 2.24) is 5.32 Å². The lowest BCUT2D eigenvalue weighted by Gasteiger charge is -2.12. The Bertz CT molecular complexity index is 430. The number of nitrogens with one attached hydrogen (secondary N) is 1. The minimum absolute atomic E-state index is 0.126. The third-order valence-corrected chi connectivity index (χ3v) is 2.75. The summed E-state index contributed by atoms with van der Waals surface area (Å²) in [7, 11) is 0. The SMILES string of the molecule is O=[N+]([O-])c1c(F)ccc([C@H]2CCCN2)c1O. The number of hydrogen-bond donors (Lipinski definition) is 2. The van der Waals surface area contributed by atoms with Crippen molar-refractivity contribution in [2.24, 2.45) is 0 Å². The lowest BCUT2D eigenvalue weighted by molar-refractivity contribution is -0.388. The van der Waals surface area contributed by atoms with E-state index in [1.54, 1.807) is 0 Å². The molecule has 0 bridgehead atoms. The highest BCUT2D eigenvalue weighted by Gasteiger charge is 2.28. The summed E-state index contributed by atoms with van der Waals surface area (Å²) in [5.74, 6) is -1.58. The molecule has 5 nitrogen and oxygen atoms in total. The second-order valence-corrected chi connectivity index (χ2v) is 3.74. The van der Waals surface area contributed by atoms with E-state index in [1.165, 1.54) is 6.07 Å². The predicted molar refractivity (Wildman–Crippen MR) is 54.7 cm³/mol. The van der Waals surface area contributed by atoms with Gasteiger partial charge in [0.15, 0.2) is 0 Å². The Morgan fingerprint density at radius 2 is 2.31 bits per heavy atom. The van der Waals surface area contributed by atoms with Crippen LogP contribution >= 0.6 is 0 Å². The van der Waals surface area contributed by atoms with Crippen LogP contribution in [-0.4, -0.2) is 16.6 Å². The summed E-state index contributed by atoms with van der Waals surface area (Å²) in [6, 6.07) is 2.28. The maximum absolute atomic E-state index is 13.1. The highest BCUT2D eigenvalue weighted by atomic mass is 19.1. The first kappa shape index (κ1) is 10.8. The van der Waals surface area contributed by atoms with Crippen LogP contribution in [0.3, 0.4) is 0 Å². The van der Waals surface area contributed by atoms with Crippen LogP contribution in [0.25, 0.3) is 0 Å². The molecule has 16 heavy (non-hydrogen) atoms. The Balaban J connectivity index is 2.47. The van der Waals surface area contributed by atoms with Gasteiger partial charge in [0.1, 0.15) is 0 Å². The molecule has 0 aromatic heterocycles. The molecule has 1 aliphatic heterocycles. The Labute approximate surface area is 91.0 Å². The van der Waals surface area contributed by atoms with Gasteiger partial charge >= 0.3 is 5.69 Å². The van der Waals surface area contributed by atoms with Gasteiger partial charge in [-0.3, -0.25) is 10.1 Å². The maximum Gasteiger partial charge on any atom is 0.346 e. The fraction of sp³-hybridized carbons (Fsp3) is 0.400. The van der Waals surface area contributed by atoms with Crippen LogP contribution in [0.5, 0.6) is 5.75 Å². The number of aromatic hydroxyl groups is 1. The van der Waals surface area contributed by atoms with Gasteiger partial charge in [0, 0.05) is 11.6 Å². The Morgan fingerprint density at radius 1 is 1.56 bits per heavy atom. The molecule has 1 aromatic rings. The van der Waals surface area contributed by atoms with Gasteiger partial charge in [0.25, 0.3) is 0 Å². The van der Waals surface area contributed by atoms with E-state index in [9.17, 15) is 19.6 Å². The molecule has 0 spiro atoms. The Hall–Kier alpha value is -1.69. The van der Waals surface area contributed by atoms with Crippen LogP contribution in [0.15, 0.2) is 12.1 Å². The van der Waals surface area contributed by atoms with Crippen molar-refractivity contribution < 1.29 is 14.4 Å². The van der Waals surface area contributed by atoms with E-state index in [0.29, 0.717) is 5.56 Å². The summed E-state index contributed by atoms with van der Waals surface area (Å²) in [5, 5.41) is 23.4. The minimum Gasteiger partial charge on any atom is -0.502 e. The number of phenols is 1. The second-order valence-electron chi connectivity index (χ2n) is 3.74. The number of hydrogen-bond acceptors (Lipinski definition) is 4. The van der Waals surface area contributed by atoms with Crippen LogP contribution in [0.1, 0.15) is 24.4 Å². The van der Waals surface area contributed by atoms with Crippen molar-refractivity contribution in [1.29, 1.82) is 0 Å². The largest absolute Gasteiger partial charge is 0.502 e. The van der Waals surface area contributed by atoms with Gasteiger partial charge < -0.3 is 10.4 Å². The zero-order chi connectivity index (χ0) is 11.7. The van der Waals surface area contributed by atoms with Gasteiger partial charge in [0.05, 0.1) is 4.92 Å². The molecule has 1 fully saturated rings. The molecule has 0 saturated carbocycles. The average Bonchev–Trinajstić information content (AvgIpc) is 2.70. The number of rotatable bonds is 2. The van der Waals surface area contributed by atoms with E-state index in [1.807, 2.05) is 0 Å². The predicted octanol–water partition coefficient (Wildman–Crippen LogP) is 1.86. The van der Waals surface area contributed by atoms with E-state index < -0.39 is 22.2 Å². The quantitative estimate of drug-likeness (QED) is 0.596. The zero-order valence-corrected chi connectivity index (χ0v) is 8.44. The fourth-order valence-corrected chi connectivity index (χ4v) is 1.98. The summed E-state index contributed by atoms with van der Waals surface area (Å²) < 4.78 is 13.1. The summed E-state index contributed by atoms with van der Waals surface area (Å²) >= 11 is 0. The van der Waals surface area contributed by atoms with Crippen molar-refractivity contribution in [3.63, 3.8) is 0 Å². The minimum atomic E-state index is -1.01. The average molecular weight is 226 g/mol. The molecule has 6 heteroatoms. The molecule has 1 heterocycles. The number of halogens is 1. The van der Waals surface area contributed by atoms with Gasteiger partial charge in [0.2, 0.25) is 11.6 Å². The molecule has 2 N–H and O–H groups in total. The second kappa shape index (κ2) is 4.05. The monoisotopic (exact) mass is 226 g/mol. The Kier molecular flexibility index (Phi) is 2.74. The molecule has 0 unspecified atom stereocenters. The first-order valence-electron chi connectivity index (χ1n) is 5.00. The lowest BCUT2D eigenvalue weighted by Crippen LogP contribution is -2.13. The zero-order valence-electron chi connectivity index (χ0n) is 8.44. The smallest absolute Gasteiger partial charge is 0.346 e. The number of phenolic OH excluding ortho intramolecular Hbond substituents is 1. The molecule has 0 amide bonds. The Morgan fingerprint density at radius 3 is 2.88 bits per heavy atom. The van der Waals surface area contributed by atoms with E-state index in [4.69, 9.17) is 0 Å². The van der Waals surface area contributed by atoms with Gasteiger partial charge in [-0.25, -0.2) is 0 Å². The summed E-state index contributed by atoms with van der Waals surface area (Å²) in [4.78, 5) is 9.70. The number of nitro benzene ring substituents is 1. The maximum atomic E-state index is 13.1. The van der Waals surface area contributed by atoms with E-state index in [2.05, 4.69) is 5.32 Å². The first-order valence-corrected chi connectivity index (χ1v) is 5.00. The molecule has 0 aliphatic carbocycles. The summed E-state index contributed by atoms with van der Waals surface area (Å²) in [6.45, 7) is 0.801. The molecule has 86 valence electrons. The molecule has 1 aromatic carbocycles. The van der Waals surface area contributed by atoms with Crippen LogP contribution < -0.4 is 5.32 Å². The number of benzene rings is 1. The van der Waals surface area contributed by atoms with Gasteiger partial charge in [-0.15, -0.1) is 0 Å². The van der Waals surface area contributed by atoms with Crippen molar-refractivity contribution >= 4 is 5.69 Å². The lowest BCUT2D eigenvalue weighted by atomic mass is 10.0. The molecule has 1 aliphatic rings. The van der Waals surface area contributed by atoms with Gasteiger partial charge in [-0.05, 0) is 25.5 Å². The molecule has 1 saturated heterocycles. The summed E-state index contributed by atoms with van der Waals surface area (Å²) in [5.41, 5.74) is -0.447. The topological polar surface area (TPSA) is 75.4 Å². The fourth-order valence-electron chi connectivity index (χ4n) is 1.98. The highest BCUT2D eigenvalue weighted by Crippen LogP contribution is 2.38. The normalized spacial score (nSPS) is 19.9. The van der Waals surface area contributed by atoms with Crippen molar-refractivity contribution in [2.45, 2.75) is 18.9 Å². The van der Waals surface area contributed by atoms with E-state index in [0.717, 1.165) is 25.5 Å². The van der Waals surface area contributed by atoms with Crippen molar-refractivity contribution in [2.75, 3.05) is 6.54 Å². The molecule has 0 radical (unpaired) electrons. The third-order valence-electron chi connectivity index (χ3n) is 2.75.